The number of nitrogens with zero attached hydrogens (tertiary/aromatic N) is 2. The minimum Gasteiger partial charge on any atom is -0.261 e. The maximum Gasteiger partial charge on any atom is 0.453 e. The normalized spacial score (nSPS) is 12.9. The van der Waals surface area contributed by atoms with Gasteiger partial charge >= 0.3 is 12.1 Å². The van der Waals surface area contributed by atoms with Crippen LogP contribution in [0.15, 0.2) is 18.6 Å². The zero-order chi connectivity index (χ0) is 10.8. The lowest BCUT2D eigenvalue weighted by Crippen LogP contribution is -2.38. The van der Waals surface area contributed by atoms with Crippen molar-refractivity contribution in [2.45, 2.75) is 18.5 Å². The molecule has 1 aromatic heterocycles. The Morgan fingerprint density at radius 2 is 1.71 bits per heavy atom. The van der Waals surface area contributed by atoms with Gasteiger partial charge in [-0.25, -0.2) is 0 Å². The quantitative estimate of drug-likeness (QED) is 0.702. The third-order valence-electron chi connectivity index (χ3n) is 1.43. The molecule has 0 spiro atoms. The monoisotopic (exact) mass is 212 g/mol. The summed E-state index contributed by atoms with van der Waals surface area (Å²) in [4.78, 5) is 6.72. The Morgan fingerprint density at radius 3 is 2.14 bits per heavy atom. The van der Waals surface area contributed by atoms with Crippen molar-refractivity contribution in [3.63, 3.8) is 0 Å². The number of hydrogen-bond donors (Lipinski definition) is 0. The van der Waals surface area contributed by atoms with Crippen LogP contribution in [0.4, 0.5) is 22.0 Å². The van der Waals surface area contributed by atoms with Crippen LogP contribution in [-0.4, -0.2) is 22.1 Å². The van der Waals surface area contributed by atoms with Crippen molar-refractivity contribution in [1.29, 1.82) is 0 Å². The molecular formula is C7H5F5N2. The summed E-state index contributed by atoms with van der Waals surface area (Å²) in [6.07, 6.45) is -3.91. The summed E-state index contributed by atoms with van der Waals surface area (Å²) in [7, 11) is 0. The van der Waals surface area contributed by atoms with E-state index in [-0.39, 0.29) is 0 Å². The van der Waals surface area contributed by atoms with Gasteiger partial charge in [-0.05, 0) is 0 Å². The summed E-state index contributed by atoms with van der Waals surface area (Å²) in [5.41, 5.74) is -0.394. The topological polar surface area (TPSA) is 25.8 Å². The summed E-state index contributed by atoms with van der Waals surface area (Å²) in [5.74, 6) is -4.76. The molecule has 0 amide bonds. The van der Waals surface area contributed by atoms with E-state index in [4.69, 9.17) is 0 Å². The van der Waals surface area contributed by atoms with Crippen molar-refractivity contribution >= 4 is 0 Å². The van der Waals surface area contributed by atoms with Crippen LogP contribution in [0.5, 0.6) is 0 Å². The van der Waals surface area contributed by atoms with E-state index in [0.29, 0.717) is 0 Å². The Bertz CT molecular complexity index is 295. The molecule has 0 saturated carbocycles. The van der Waals surface area contributed by atoms with Crippen LogP contribution in [0, 0.1) is 0 Å². The van der Waals surface area contributed by atoms with Gasteiger partial charge in [-0.15, -0.1) is 0 Å². The van der Waals surface area contributed by atoms with E-state index >= 15 is 0 Å². The molecule has 7 heteroatoms. The fourth-order valence-corrected chi connectivity index (χ4v) is 0.749. The van der Waals surface area contributed by atoms with Crippen LogP contribution in [0.3, 0.4) is 0 Å². The first-order chi connectivity index (χ1) is 6.33. The molecular weight excluding hydrogens is 207 g/mol. The van der Waals surface area contributed by atoms with Crippen molar-refractivity contribution in [1.82, 2.24) is 9.97 Å². The van der Waals surface area contributed by atoms with Crippen LogP contribution in [0.1, 0.15) is 5.69 Å². The molecule has 0 saturated heterocycles. The molecule has 78 valence electrons. The Kier molecular flexibility index (Phi) is 2.68. The van der Waals surface area contributed by atoms with Gasteiger partial charge in [-0.3, -0.25) is 9.97 Å². The average Bonchev–Trinajstić information content (AvgIpc) is 2.03. The molecule has 14 heavy (non-hydrogen) atoms. The van der Waals surface area contributed by atoms with Gasteiger partial charge in [0.2, 0.25) is 0 Å². The van der Waals surface area contributed by atoms with Crippen LogP contribution in [0.2, 0.25) is 0 Å². The highest BCUT2D eigenvalue weighted by molar-refractivity contribution is 5.00. The van der Waals surface area contributed by atoms with Gasteiger partial charge in [0.1, 0.15) is 0 Å². The summed E-state index contributed by atoms with van der Waals surface area (Å²) < 4.78 is 60.0. The fourth-order valence-electron chi connectivity index (χ4n) is 0.749. The van der Waals surface area contributed by atoms with E-state index in [2.05, 4.69) is 9.97 Å². The highest BCUT2D eigenvalue weighted by atomic mass is 19.4. The van der Waals surface area contributed by atoms with E-state index < -0.39 is 24.2 Å². The first-order valence-electron chi connectivity index (χ1n) is 3.52. The van der Waals surface area contributed by atoms with E-state index in [1.54, 1.807) is 0 Å². The zero-order valence-electron chi connectivity index (χ0n) is 6.72. The summed E-state index contributed by atoms with van der Waals surface area (Å²) in [6.45, 7) is 0. The van der Waals surface area contributed by atoms with Gasteiger partial charge in [0.25, 0.3) is 0 Å². The standard InChI is InChI=1S/C7H5F5N2/c8-6(9,7(10,11)12)3-5-4-13-1-2-14-5/h1-2,4H,3H2. The third-order valence-corrected chi connectivity index (χ3v) is 1.43. The predicted octanol–water partition coefficient (Wildman–Crippen LogP) is 2.22. The van der Waals surface area contributed by atoms with Crippen molar-refractivity contribution in [2.24, 2.45) is 0 Å². The summed E-state index contributed by atoms with van der Waals surface area (Å²) in [5, 5.41) is 0. The average molecular weight is 212 g/mol. The number of aromatic nitrogens is 2. The van der Waals surface area contributed by atoms with E-state index in [0.717, 1.165) is 12.4 Å². The molecule has 1 rings (SSSR count). The highest BCUT2D eigenvalue weighted by Crippen LogP contribution is 2.37. The molecule has 0 unspecified atom stereocenters. The van der Waals surface area contributed by atoms with E-state index in [9.17, 15) is 22.0 Å². The molecule has 1 heterocycles. The first-order valence-corrected chi connectivity index (χ1v) is 3.52. The molecule has 0 atom stereocenters. The Morgan fingerprint density at radius 1 is 1.07 bits per heavy atom. The van der Waals surface area contributed by atoms with Crippen molar-refractivity contribution in [3.05, 3.63) is 24.3 Å². The Balaban J connectivity index is 2.79. The molecule has 0 aromatic carbocycles. The highest BCUT2D eigenvalue weighted by Gasteiger charge is 2.57. The van der Waals surface area contributed by atoms with E-state index in [1.165, 1.54) is 6.20 Å². The summed E-state index contributed by atoms with van der Waals surface area (Å²) in [6, 6.07) is 0. The Labute approximate surface area is 75.8 Å². The smallest absolute Gasteiger partial charge is 0.261 e. The van der Waals surface area contributed by atoms with Crippen LogP contribution >= 0.6 is 0 Å². The minimum absolute atomic E-state index is 0.394. The lowest BCUT2D eigenvalue weighted by molar-refractivity contribution is -0.281. The van der Waals surface area contributed by atoms with Gasteiger partial charge in [0, 0.05) is 18.6 Å². The van der Waals surface area contributed by atoms with Crippen molar-refractivity contribution < 1.29 is 22.0 Å². The van der Waals surface area contributed by atoms with Gasteiger partial charge in [0.15, 0.2) is 0 Å². The molecule has 0 N–H and O–H groups in total. The lowest BCUT2D eigenvalue weighted by Gasteiger charge is -2.18. The minimum atomic E-state index is -5.55. The van der Waals surface area contributed by atoms with Crippen LogP contribution in [-0.2, 0) is 6.42 Å². The number of rotatable bonds is 2. The molecule has 0 aliphatic rings. The van der Waals surface area contributed by atoms with Gasteiger partial charge in [-0.1, -0.05) is 0 Å². The first kappa shape index (κ1) is 10.8. The van der Waals surface area contributed by atoms with Crippen LogP contribution < -0.4 is 0 Å². The predicted molar refractivity (Wildman–Crippen MR) is 36.7 cm³/mol. The number of halogens is 5. The fraction of sp³-hybridized carbons (Fsp3) is 0.429. The molecule has 0 aliphatic heterocycles. The second-order valence-electron chi connectivity index (χ2n) is 2.58. The van der Waals surface area contributed by atoms with Gasteiger partial charge in [0.05, 0.1) is 12.1 Å². The second kappa shape index (κ2) is 3.47. The zero-order valence-corrected chi connectivity index (χ0v) is 6.72. The second-order valence-corrected chi connectivity index (χ2v) is 2.58. The molecule has 0 fully saturated rings. The van der Waals surface area contributed by atoms with Crippen LogP contribution in [0.25, 0.3) is 0 Å². The van der Waals surface area contributed by atoms with Gasteiger partial charge in [-0.2, -0.15) is 22.0 Å². The SMILES string of the molecule is FC(F)(F)C(F)(F)Cc1cnccn1. The Hall–Kier alpha value is -1.27. The lowest BCUT2D eigenvalue weighted by atomic mass is 10.2. The van der Waals surface area contributed by atoms with Crippen molar-refractivity contribution in [3.8, 4) is 0 Å². The van der Waals surface area contributed by atoms with Gasteiger partial charge < -0.3 is 0 Å². The molecule has 2 nitrogen and oxygen atoms in total. The summed E-state index contributed by atoms with van der Waals surface area (Å²) >= 11 is 0. The maximum atomic E-state index is 12.4. The third kappa shape index (κ3) is 2.36. The van der Waals surface area contributed by atoms with Crippen molar-refractivity contribution in [2.75, 3.05) is 0 Å². The molecule has 1 aromatic rings. The van der Waals surface area contributed by atoms with E-state index in [1.807, 2.05) is 0 Å². The largest absolute Gasteiger partial charge is 0.453 e. The maximum absolute atomic E-state index is 12.4. The molecule has 0 radical (unpaired) electrons. The number of hydrogen-bond acceptors (Lipinski definition) is 2. The molecule has 0 aliphatic carbocycles. The number of alkyl halides is 5. The molecule has 0 bridgehead atoms.